The van der Waals surface area contributed by atoms with E-state index in [1.807, 2.05) is 6.34 Å². The Morgan fingerprint density at radius 2 is 2.20 bits per heavy atom. The first kappa shape index (κ1) is 7.45. The molecular weight excluding hydrogens is 124 g/mol. The lowest BCUT2D eigenvalue weighted by Crippen LogP contribution is -2.27. The zero-order valence-electron chi connectivity index (χ0n) is 7.13. The molecule has 0 aromatic rings. The van der Waals surface area contributed by atoms with Crippen LogP contribution in [0.1, 0.15) is 20.8 Å². The van der Waals surface area contributed by atoms with E-state index in [0.717, 1.165) is 0 Å². The molecule has 1 rings (SSSR count). The molecule has 0 bridgehead atoms. The van der Waals surface area contributed by atoms with Crippen LogP contribution in [0, 0.1) is 5.92 Å². The molecule has 0 aliphatic carbocycles. The largest absolute Gasteiger partial charge is 0.281 e. The zero-order valence-corrected chi connectivity index (χ0v) is 7.13. The Balaban J connectivity index is 2.71. The van der Waals surface area contributed by atoms with E-state index in [1.165, 1.54) is 5.71 Å². The van der Waals surface area contributed by atoms with Crippen LogP contribution in [0.5, 0.6) is 0 Å². The van der Waals surface area contributed by atoms with Crippen LogP contribution in [0.4, 0.5) is 0 Å². The summed E-state index contributed by atoms with van der Waals surface area (Å²) in [6.45, 7) is 6.55. The molecule has 0 fully saturated rings. The van der Waals surface area contributed by atoms with Gasteiger partial charge in [-0.1, -0.05) is 18.8 Å². The van der Waals surface area contributed by atoms with Gasteiger partial charge >= 0.3 is 0 Å². The van der Waals surface area contributed by atoms with Crippen LogP contribution in [0.2, 0.25) is 0 Å². The quantitative estimate of drug-likeness (QED) is 0.484. The Labute approximate surface area is 62.3 Å². The van der Waals surface area contributed by atoms with Gasteiger partial charge < -0.3 is 0 Å². The minimum absolute atomic E-state index is 0.500. The fourth-order valence-corrected chi connectivity index (χ4v) is 1.21. The smallest absolute Gasteiger partial charge is 0.257 e. The van der Waals surface area contributed by atoms with E-state index in [0.29, 0.717) is 12.0 Å². The summed E-state index contributed by atoms with van der Waals surface area (Å²) in [5, 5.41) is 0. The maximum Gasteiger partial charge on any atom is 0.281 e. The van der Waals surface area contributed by atoms with Gasteiger partial charge in [0, 0.05) is 5.92 Å². The van der Waals surface area contributed by atoms with Crippen molar-refractivity contribution in [1.82, 2.24) is 0 Å². The summed E-state index contributed by atoms with van der Waals surface area (Å²) in [5.74, 6) is 0.580. The van der Waals surface area contributed by atoms with E-state index in [1.54, 1.807) is 0 Å². The summed E-state index contributed by atoms with van der Waals surface area (Å²) < 4.78 is 2.13. The standard InChI is InChI=1S/C8H15N2/c1-6(2)8-7(3)10(4)5-9-8/h5-7H,1-4H3/q+1. The Bertz CT molecular complexity index is 189. The van der Waals surface area contributed by atoms with Crippen molar-refractivity contribution in [2.45, 2.75) is 26.8 Å². The van der Waals surface area contributed by atoms with Gasteiger partial charge in [0.05, 0.1) is 7.05 Å². The van der Waals surface area contributed by atoms with Crippen LogP contribution in [0.15, 0.2) is 4.99 Å². The Kier molecular flexibility index (Phi) is 1.88. The van der Waals surface area contributed by atoms with Crippen LogP contribution in [-0.2, 0) is 0 Å². The summed E-state index contributed by atoms with van der Waals surface area (Å²) in [5.41, 5.74) is 1.29. The summed E-state index contributed by atoms with van der Waals surface area (Å²) in [4.78, 5) is 4.31. The number of aliphatic imine (C=N–C) groups is 1. The lowest BCUT2D eigenvalue weighted by atomic mass is 10.0. The van der Waals surface area contributed by atoms with Crippen molar-refractivity contribution < 1.29 is 4.58 Å². The molecule has 0 radical (unpaired) electrons. The molecule has 56 valence electrons. The lowest BCUT2D eigenvalue weighted by molar-refractivity contribution is -0.508. The highest BCUT2D eigenvalue weighted by molar-refractivity contribution is 5.96. The van der Waals surface area contributed by atoms with Gasteiger partial charge in [0.2, 0.25) is 0 Å². The van der Waals surface area contributed by atoms with Crippen molar-refractivity contribution in [3.63, 3.8) is 0 Å². The van der Waals surface area contributed by atoms with E-state index in [9.17, 15) is 0 Å². The molecule has 0 saturated heterocycles. The fraction of sp³-hybridized carbons (Fsp3) is 0.750. The molecule has 1 aliphatic rings. The molecule has 1 atom stereocenters. The third-order valence-corrected chi connectivity index (χ3v) is 2.02. The molecule has 2 heteroatoms. The number of hydrogen-bond donors (Lipinski definition) is 0. The first-order valence-electron chi connectivity index (χ1n) is 3.75. The first-order valence-corrected chi connectivity index (χ1v) is 3.75. The molecule has 0 saturated carbocycles. The second-order valence-electron chi connectivity index (χ2n) is 3.17. The van der Waals surface area contributed by atoms with Crippen LogP contribution < -0.4 is 0 Å². The van der Waals surface area contributed by atoms with Gasteiger partial charge in [-0.3, -0.25) is 4.58 Å². The van der Waals surface area contributed by atoms with Gasteiger partial charge in [-0.05, 0) is 6.92 Å². The molecule has 1 aliphatic heterocycles. The molecule has 1 heterocycles. The first-order chi connectivity index (χ1) is 4.63. The van der Waals surface area contributed by atoms with Gasteiger partial charge in [-0.15, -0.1) is 0 Å². The summed E-state index contributed by atoms with van der Waals surface area (Å²) in [7, 11) is 2.06. The normalized spacial score (nSPS) is 25.1. The minimum atomic E-state index is 0.500. The SMILES string of the molecule is CC(C)C1=NC=[N+](C)C1C. The summed E-state index contributed by atoms with van der Waals surface area (Å²) >= 11 is 0. The molecule has 0 aromatic heterocycles. The van der Waals surface area contributed by atoms with Crippen molar-refractivity contribution in [3.8, 4) is 0 Å². The van der Waals surface area contributed by atoms with Crippen molar-refractivity contribution >= 4 is 12.1 Å². The monoisotopic (exact) mass is 139 g/mol. The van der Waals surface area contributed by atoms with Crippen LogP contribution in [0.3, 0.4) is 0 Å². The predicted molar refractivity (Wildman–Crippen MR) is 44.0 cm³/mol. The van der Waals surface area contributed by atoms with E-state index < -0.39 is 0 Å². The van der Waals surface area contributed by atoms with Gasteiger partial charge in [0.25, 0.3) is 6.34 Å². The van der Waals surface area contributed by atoms with Crippen molar-refractivity contribution in [2.24, 2.45) is 10.9 Å². The number of hydrogen-bond acceptors (Lipinski definition) is 1. The van der Waals surface area contributed by atoms with Gasteiger partial charge in [-0.2, -0.15) is 0 Å². The second kappa shape index (κ2) is 2.52. The van der Waals surface area contributed by atoms with E-state index in [-0.39, 0.29) is 0 Å². The van der Waals surface area contributed by atoms with Crippen molar-refractivity contribution in [2.75, 3.05) is 7.05 Å². The summed E-state index contributed by atoms with van der Waals surface area (Å²) in [6, 6.07) is 0.500. The van der Waals surface area contributed by atoms with Crippen LogP contribution in [0.25, 0.3) is 0 Å². The highest BCUT2D eigenvalue weighted by Crippen LogP contribution is 2.07. The van der Waals surface area contributed by atoms with Crippen molar-refractivity contribution in [3.05, 3.63) is 0 Å². The highest BCUT2D eigenvalue weighted by Gasteiger charge is 2.27. The summed E-state index contributed by atoms with van der Waals surface area (Å²) in [6.07, 6.45) is 1.90. The number of nitrogens with zero attached hydrogens (tertiary/aromatic N) is 2. The zero-order chi connectivity index (χ0) is 7.72. The second-order valence-corrected chi connectivity index (χ2v) is 3.17. The van der Waals surface area contributed by atoms with Gasteiger partial charge in [-0.25, -0.2) is 0 Å². The van der Waals surface area contributed by atoms with Crippen molar-refractivity contribution in [1.29, 1.82) is 0 Å². The van der Waals surface area contributed by atoms with Gasteiger partial charge in [0.15, 0.2) is 11.8 Å². The molecule has 0 amide bonds. The van der Waals surface area contributed by atoms with E-state index >= 15 is 0 Å². The maximum absolute atomic E-state index is 4.31. The molecule has 0 aromatic carbocycles. The topological polar surface area (TPSA) is 15.4 Å². The van der Waals surface area contributed by atoms with Gasteiger partial charge in [0.1, 0.15) is 0 Å². The lowest BCUT2D eigenvalue weighted by Gasteiger charge is -2.06. The minimum Gasteiger partial charge on any atom is -0.257 e. The average molecular weight is 139 g/mol. The maximum atomic E-state index is 4.31. The molecule has 0 spiro atoms. The Morgan fingerprint density at radius 3 is 2.40 bits per heavy atom. The molecule has 1 unspecified atom stereocenters. The fourth-order valence-electron chi connectivity index (χ4n) is 1.21. The predicted octanol–water partition coefficient (Wildman–Crippen LogP) is 1.16. The van der Waals surface area contributed by atoms with Crippen LogP contribution in [-0.4, -0.2) is 29.7 Å². The van der Waals surface area contributed by atoms with E-state index in [2.05, 4.69) is 37.4 Å². The van der Waals surface area contributed by atoms with Crippen LogP contribution >= 0.6 is 0 Å². The highest BCUT2D eigenvalue weighted by atomic mass is 15.1. The molecule has 0 N–H and O–H groups in total. The average Bonchev–Trinajstić information content (AvgIpc) is 2.14. The molecule has 10 heavy (non-hydrogen) atoms. The third kappa shape index (κ3) is 1.11. The van der Waals surface area contributed by atoms with E-state index in [4.69, 9.17) is 0 Å². The molecular formula is C8H15N2+. The molecule has 2 nitrogen and oxygen atoms in total. The third-order valence-electron chi connectivity index (χ3n) is 2.02. The number of rotatable bonds is 1. The Hall–Kier alpha value is -0.660. The Morgan fingerprint density at radius 1 is 1.60 bits per heavy atom.